The fraction of sp³-hybridized carbons (Fsp3) is 0.276. The molecule has 1 aliphatic rings. The molecule has 0 unspecified atom stereocenters. The topological polar surface area (TPSA) is 54.3 Å². The number of nitrogens with zero attached hydrogens (tertiary/aromatic N) is 5. The molecule has 0 N–H and O–H groups in total. The van der Waals surface area contributed by atoms with Gasteiger partial charge < -0.3 is 4.90 Å². The van der Waals surface area contributed by atoms with E-state index < -0.39 is 0 Å². The summed E-state index contributed by atoms with van der Waals surface area (Å²) < 4.78 is 2.10. The third-order valence-electron chi connectivity index (χ3n) is 6.42. The van der Waals surface area contributed by atoms with Crippen LogP contribution in [-0.4, -0.2) is 62.4 Å². The van der Waals surface area contributed by atoms with Crippen molar-refractivity contribution >= 4 is 17.7 Å². The van der Waals surface area contributed by atoms with Gasteiger partial charge in [-0.05, 0) is 24.1 Å². The smallest absolute Gasteiger partial charge is 0.222 e. The Bertz CT molecular complexity index is 1240. The van der Waals surface area contributed by atoms with E-state index in [-0.39, 0.29) is 5.91 Å². The molecule has 0 saturated carbocycles. The highest BCUT2D eigenvalue weighted by molar-refractivity contribution is 7.99. The molecule has 4 aromatic rings. The monoisotopic (exact) mass is 497 g/mol. The molecular weight excluding hydrogens is 466 g/mol. The van der Waals surface area contributed by atoms with Gasteiger partial charge in [-0.1, -0.05) is 90.6 Å². The highest BCUT2D eigenvalue weighted by Gasteiger charge is 2.21. The van der Waals surface area contributed by atoms with Crippen LogP contribution in [0.2, 0.25) is 0 Å². The van der Waals surface area contributed by atoms with Crippen molar-refractivity contribution in [3.8, 4) is 17.1 Å². The maximum Gasteiger partial charge on any atom is 0.222 e. The molecule has 1 aliphatic heterocycles. The van der Waals surface area contributed by atoms with Crippen molar-refractivity contribution in [3.63, 3.8) is 0 Å². The van der Waals surface area contributed by atoms with E-state index in [4.69, 9.17) is 0 Å². The minimum atomic E-state index is 0.254. The van der Waals surface area contributed by atoms with E-state index >= 15 is 0 Å². The third kappa shape index (κ3) is 6.04. The SMILES string of the molecule is O=C(CCCSc1nnc(-c2ccccc2)n1-c1ccccc1)N1CCN(Cc2ccccc2)CC1. The Kier molecular flexibility index (Phi) is 8.10. The summed E-state index contributed by atoms with van der Waals surface area (Å²) in [6.07, 6.45) is 1.38. The van der Waals surface area contributed by atoms with E-state index in [1.165, 1.54) is 5.56 Å². The fourth-order valence-corrected chi connectivity index (χ4v) is 5.38. The molecule has 6 nitrogen and oxygen atoms in total. The van der Waals surface area contributed by atoms with E-state index in [2.05, 4.69) is 68.2 Å². The van der Waals surface area contributed by atoms with Gasteiger partial charge in [0.25, 0.3) is 0 Å². The van der Waals surface area contributed by atoms with Gasteiger partial charge in [-0.3, -0.25) is 14.3 Å². The molecular formula is C29H31N5OS. The number of benzene rings is 3. The van der Waals surface area contributed by atoms with Crippen LogP contribution in [0.3, 0.4) is 0 Å². The van der Waals surface area contributed by atoms with Crippen LogP contribution >= 0.6 is 11.8 Å². The summed E-state index contributed by atoms with van der Waals surface area (Å²) in [5.41, 5.74) is 3.39. The summed E-state index contributed by atoms with van der Waals surface area (Å²) in [6, 6.07) is 30.9. The van der Waals surface area contributed by atoms with E-state index in [0.717, 1.165) is 67.1 Å². The standard InChI is InChI=1S/C29H31N5OS/c35-27(33-20-18-32(19-21-33)23-24-11-4-1-5-12-24)17-10-22-36-29-31-30-28(25-13-6-2-7-14-25)34(29)26-15-8-3-9-16-26/h1-9,11-16H,10,17-23H2. The summed E-state index contributed by atoms with van der Waals surface area (Å²) in [4.78, 5) is 17.3. The Balaban J connectivity index is 1.13. The molecule has 5 rings (SSSR count). The summed E-state index contributed by atoms with van der Waals surface area (Å²) in [5.74, 6) is 1.90. The second-order valence-corrected chi connectivity index (χ2v) is 10.00. The lowest BCUT2D eigenvalue weighted by Crippen LogP contribution is -2.48. The highest BCUT2D eigenvalue weighted by Crippen LogP contribution is 2.28. The van der Waals surface area contributed by atoms with Gasteiger partial charge in [0.15, 0.2) is 11.0 Å². The van der Waals surface area contributed by atoms with Crippen LogP contribution in [0, 0.1) is 0 Å². The van der Waals surface area contributed by atoms with Gasteiger partial charge in [-0.2, -0.15) is 0 Å². The van der Waals surface area contributed by atoms with Crippen molar-refractivity contribution in [3.05, 3.63) is 96.6 Å². The number of carbonyl (C=O) groups is 1. The number of thioether (sulfide) groups is 1. The van der Waals surface area contributed by atoms with Crippen molar-refractivity contribution in [2.45, 2.75) is 24.5 Å². The molecule has 0 spiro atoms. The average Bonchev–Trinajstić information content (AvgIpc) is 3.37. The van der Waals surface area contributed by atoms with Crippen LogP contribution in [0.5, 0.6) is 0 Å². The molecule has 184 valence electrons. The first-order chi connectivity index (χ1) is 17.8. The lowest BCUT2D eigenvalue weighted by molar-refractivity contribution is -0.133. The van der Waals surface area contributed by atoms with E-state index in [1.54, 1.807) is 11.8 Å². The summed E-state index contributed by atoms with van der Waals surface area (Å²) in [7, 11) is 0. The van der Waals surface area contributed by atoms with Gasteiger partial charge >= 0.3 is 0 Å². The number of carbonyl (C=O) groups excluding carboxylic acids is 1. The molecule has 36 heavy (non-hydrogen) atoms. The number of hydrogen-bond donors (Lipinski definition) is 0. The summed E-state index contributed by atoms with van der Waals surface area (Å²) in [5, 5.41) is 9.84. The fourth-order valence-electron chi connectivity index (χ4n) is 4.49. The third-order valence-corrected chi connectivity index (χ3v) is 7.44. The first-order valence-corrected chi connectivity index (χ1v) is 13.5. The second kappa shape index (κ2) is 12.0. The number of rotatable bonds is 9. The number of aromatic nitrogens is 3. The Morgan fingerprint density at radius 3 is 2.11 bits per heavy atom. The quantitative estimate of drug-likeness (QED) is 0.236. The van der Waals surface area contributed by atoms with Gasteiger partial charge in [-0.25, -0.2) is 0 Å². The van der Waals surface area contributed by atoms with Crippen molar-refractivity contribution in [1.82, 2.24) is 24.6 Å². The highest BCUT2D eigenvalue weighted by atomic mass is 32.2. The Morgan fingerprint density at radius 2 is 1.42 bits per heavy atom. The normalized spacial score (nSPS) is 14.2. The van der Waals surface area contributed by atoms with Crippen LogP contribution in [0.4, 0.5) is 0 Å². The number of piperazine rings is 1. The van der Waals surface area contributed by atoms with Gasteiger partial charge in [0.1, 0.15) is 0 Å². The van der Waals surface area contributed by atoms with Gasteiger partial charge in [0, 0.05) is 56.1 Å². The average molecular weight is 498 g/mol. The summed E-state index contributed by atoms with van der Waals surface area (Å²) >= 11 is 1.66. The molecule has 3 aromatic carbocycles. The predicted octanol–water partition coefficient (Wildman–Crippen LogP) is 5.15. The van der Waals surface area contributed by atoms with Crippen LogP contribution in [-0.2, 0) is 11.3 Å². The molecule has 0 bridgehead atoms. The van der Waals surface area contributed by atoms with Crippen LogP contribution in [0.25, 0.3) is 17.1 Å². The lowest BCUT2D eigenvalue weighted by Gasteiger charge is -2.34. The first kappa shape index (κ1) is 24.3. The molecule has 7 heteroatoms. The van der Waals surface area contributed by atoms with Gasteiger partial charge in [0.2, 0.25) is 5.91 Å². The molecule has 2 heterocycles. The van der Waals surface area contributed by atoms with Crippen LogP contribution in [0.1, 0.15) is 18.4 Å². The maximum atomic E-state index is 12.8. The van der Waals surface area contributed by atoms with Crippen LogP contribution < -0.4 is 0 Å². The zero-order valence-corrected chi connectivity index (χ0v) is 21.2. The van der Waals surface area contributed by atoms with E-state index in [9.17, 15) is 4.79 Å². The zero-order chi connectivity index (χ0) is 24.6. The minimum absolute atomic E-state index is 0.254. The number of para-hydroxylation sites is 1. The van der Waals surface area contributed by atoms with E-state index in [0.29, 0.717) is 6.42 Å². The minimum Gasteiger partial charge on any atom is -0.340 e. The molecule has 1 fully saturated rings. The zero-order valence-electron chi connectivity index (χ0n) is 20.4. The van der Waals surface area contributed by atoms with Crippen LogP contribution in [0.15, 0.2) is 96.2 Å². The van der Waals surface area contributed by atoms with Crippen molar-refractivity contribution < 1.29 is 4.79 Å². The molecule has 0 aliphatic carbocycles. The van der Waals surface area contributed by atoms with Crippen molar-refractivity contribution in [2.75, 3.05) is 31.9 Å². The summed E-state index contributed by atoms with van der Waals surface area (Å²) in [6.45, 7) is 4.42. The van der Waals surface area contributed by atoms with E-state index in [1.807, 2.05) is 47.4 Å². The first-order valence-electron chi connectivity index (χ1n) is 12.5. The Labute approximate surface area is 217 Å². The maximum absolute atomic E-state index is 12.8. The van der Waals surface area contributed by atoms with Gasteiger partial charge in [-0.15, -0.1) is 10.2 Å². The van der Waals surface area contributed by atoms with Gasteiger partial charge in [0.05, 0.1) is 0 Å². The lowest BCUT2D eigenvalue weighted by atomic mass is 10.2. The molecule has 0 atom stereocenters. The molecule has 1 saturated heterocycles. The molecule has 1 aromatic heterocycles. The number of hydrogen-bond acceptors (Lipinski definition) is 5. The largest absolute Gasteiger partial charge is 0.340 e. The van der Waals surface area contributed by atoms with Crippen molar-refractivity contribution in [2.24, 2.45) is 0 Å². The molecule has 0 radical (unpaired) electrons. The number of amides is 1. The Hall–Kier alpha value is -3.42. The predicted molar refractivity (Wildman–Crippen MR) is 145 cm³/mol. The molecule has 1 amide bonds. The Morgan fingerprint density at radius 1 is 0.778 bits per heavy atom. The second-order valence-electron chi connectivity index (χ2n) is 8.94. The van der Waals surface area contributed by atoms with Crippen molar-refractivity contribution in [1.29, 1.82) is 0 Å².